The third-order valence-corrected chi connectivity index (χ3v) is 4.58. The smallest absolute Gasteiger partial charge is 0.214 e. The van der Waals surface area contributed by atoms with Crippen molar-refractivity contribution in [2.45, 2.75) is 5.92 Å². The van der Waals surface area contributed by atoms with Crippen LogP contribution < -0.4 is 0 Å². The van der Waals surface area contributed by atoms with E-state index in [0.717, 1.165) is 33.3 Å². The number of nitrogens with zero attached hydrogens (tertiary/aromatic N) is 2. The van der Waals surface area contributed by atoms with Gasteiger partial charge in [0.15, 0.2) is 0 Å². The van der Waals surface area contributed by atoms with Gasteiger partial charge in [-0.15, -0.1) is 0 Å². The number of aromatic nitrogens is 2. The molecule has 1 atom stereocenters. The van der Waals surface area contributed by atoms with Gasteiger partial charge in [0.25, 0.3) is 0 Å². The number of fused-ring (bicyclic) bond motifs is 1. The number of hydrogen-bond donors (Lipinski definition) is 1. The van der Waals surface area contributed by atoms with Gasteiger partial charge in [0.2, 0.25) is 6.54 Å². The number of H-pyrrole nitrogens is 1. The first kappa shape index (κ1) is 16.0. The van der Waals surface area contributed by atoms with E-state index < -0.39 is 0 Å². The molecule has 0 spiro atoms. The van der Waals surface area contributed by atoms with E-state index in [-0.39, 0.29) is 17.4 Å². The van der Waals surface area contributed by atoms with Gasteiger partial charge in [0, 0.05) is 28.2 Å². The molecule has 26 heavy (non-hydrogen) atoms. The molecule has 2 heterocycles. The van der Waals surface area contributed by atoms with Crippen LogP contribution in [0.5, 0.6) is 0 Å². The van der Waals surface area contributed by atoms with E-state index >= 15 is 0 Å². The number of benzene rings is 2. The van der Waals surface area contributed by atoms with Crippen LogP contribution in [-0.2, 0) is 0 Å². The number of rotatable bonds is 5. The molecule has 4 aromatic rings. The predicted octanol–water partition coefficient (Wildman–Crippen LogP) is 4.64. The molecule has 5 heteroatoms. The fraction of sp³-hybridized carbons (Fsp3) is 0.0952. The second kappa shape index (κ2) is 6.80. The summed E-state index contributed by atoms with van der Waals surface area (Å²) in [6.45, 7) is -0.187. The molecule has 4 rings (SSSR count). The summed E-state index contributed by atoms with van der Waals surface area (Å²) in [5.41, 5.74) is 4.68. The lowest BCUT2D eigenvalue weighted by molar-refractivity contribution is -0.481. The summed E-state index contributed by atoms with van der Waals surface area (Å²) in [4.78, 5) is 18.8. The van der Waals surface area contributed by atoms with Crippen molar-refractivity contribution >= 4 is 10.9 Å². The van der Waals surface area contributed by atoms with Gasteiger partial charge in [-0.25, -0.2) is 0 Å². The summed E-state index contributed by atoms with van der Waals surface area (Å²) >= 11 is 0. The molecule has 0 amide bonds. The van der Waals surface area contributed by atoms with Crippen molar-refractivity contribution in [1.82, 2.24) is 9.97 Å². The van der Waals surface area contributed by atoms with Crippen LogP contribution in [0.25, 0.3) is 22.2 Å². The number of pyridine rings is 1. The SMILES string of the molecule is O=[N+]([O-])CC(c1cccnc1)c1c(-c2ccccc2)[nH]c2ccccc12. The monoisotopic (exact) mass is 343 g/mol. The molecule has 5 nitrogen and oxygen atoms in total. The molecule has 0 saturated heterocycles. The van der Waals surface area contributed by atoms with Gasteiger partial charge in [0.1, 0.15) is 0 Å². The first-order valence-corrected chi connectivity index (χ1v) is 8.42. The Balaban J connectivity index is 1.99. The fourth-order valence-corrected chi connectivity index (χ4v) is 3.45. The second-order valence-corrected chi connectivity index (χ2v) is 6.18. The van der Waals surface area contributed by atoms with Gasteiger partial charge in [-0.1, -0.05) is 54.6 Å². The molecule has 0 aliphatic rings. The zero-order chi connectivity index (χ0) is 17.9. The summed E-state index contributed by atoms with van der Waals surface area (Å²) in [6.07, 6.45) is 3.39. The van der Waals surface area contributed by atoms with Crippen molar-refractivity contribution in [3.63, 3.8) is 0 Å². The number of para-hydroxylation sites is 1. The van der Waals surface area contributed by atoms with Gasteiger partial charge in [-0.05, 0) is 28.8 Å². The van der Waals surface area contributed by atoms with Gasteiger partial charge in [-0.2, -0.15) is 0 Å². The number of aromatic amines is 1. The highest BCUT2D eigenvalue weighted by atomic mass is 16.6. The molecule has 0 aliphatic carbocycles. The lowest BCUT2D eigenvalue weighted by Crippen LogP contribution is -2.14. The standard InChI is InChI=1S/C21H17N3O2/c25-24(26)14-18(16-9-6-12-22-13-16)20-17-10-4-5-11-19(17)23-21(20)15-7-2-1-3-8-15/h1-13,18,23H,14H2. The van der Waals surface area contributed by atoms with Crippen LogP contribution in [-0.4, -0.2) is 21.4 Å². The Kier molecular flexibility index (Phi) is 4.19. The number of hydrogen-bond acceptors (Lipinski definition) is 3. The highest BCUT2D eigenvalue weighted by Crippen LogP contribution is 2.38. The summed E-state index contributed by atoms with van der Waals surface area (Å²) < 4.78 is 0. The quantitative estimate of drug-likeness (QED) is 0.424. The lowest BCUT2D eigenvalue weighted by Gasteiger charge is -2.15. The van der Waals surface area contributed by atoms with Gasteiger partial charge < -0.3 is 4.98 Å². The van der Waals surface area contributed by atoms with E-state index in [1.165, 1.54) is 0 Å². The number of nitro groups is 1. The van der Waals surface area contributed by atoms with Crippen LogP contribution in [0.15, 0.2) is 79.1 Å². The average Bonchev–Trinajstić information content (AvgIpc) is 3.07. The van der Waals surface area contributed by atoms with E-state index in [9.17, 15) is 10.1 Å². The lowest BCUT2D eigenvalue weighted by atomic mass is 9.88. The molecular formula is C21H17N3O2. The minimum Gasteiger partial charge on any atom is -0.354 e. The Morgan fingerprint density at radius 1 is 1.00 bits per heavy atom. The Morgan fingerprint density at radius 2 is 1.77 bits per heavy atom. The molecular weight excluding hydrogens is 326 g/mol. The van der Waals surface area contributed by atoms with Gasteiger partial charge in [0.05, 0.1) is 11.6 Å². The Morgan fingerprint density at radius 3 is 2.50 bits per heavy atom. The van der Waals surface area contributed by atoms with Crippen molar-refractivity contribution in [3.05, 3.63) is 100 Å². The summed E-state index contributed by atoms with van der Waals surface area (Å²) in [5.74, 6) is -0.384. The van der Waals surface area contributed by atoms with Crippen LogP contribution in [0.4, 0.5) is 0 Å². The maximum absolute atomic E-state index is 11.4. The van der Waals surface area contributed by atoms with Crippen molar-refractivity contribution in [2.75, 3.05) is 6.54 Å². The average molecular weight is 343 g/mol. The summed E-state index contributed by atoms with van der Waals surface area (Å²) in [5, 5.41) is 12.4. The highest BCUT2D eigenvalue weighted by molar-refractivity contribution is 5.92. The molecule has 0 radical (unpaired) electrons. The molecule has 0 aliphatic heterocycles. The third kappa shape index (κ3) is 2.95. The van der Waals surface area contributed by atoms with E-state index in [0.29, 0.717) is 0 Å². The van der Waals surface area contributed by atoms with Crippen LogP contribution in [0, 0.1) is 10.1 Å². The summed E-state index contributed by atoms with van der Waals surface area (Å²) in [6, 6.07) is 21.6. The fourth-order valence-electron chi connectivity index (χ4n) is 3.45. The molecule has 1 N–H and O–H groups in total. The van der Waals surface area contributed by atoms with Crippen molar-refractivity contribution in [1.29, 1.82) is 0 Å². The topological polar surface area (TPSA) is 71.8 Å². The van der Waals surface area contributed by atoms with E-state index in [2.05, 4.69) is 9.97 Å². The van der Waals surface area contributed by atoms with Crippen LogP contribution in [0.3, 0.4) is 0 Å². The van der Waals surface area contributed by atoms with Gasteiger partial charge in [-0.3, -0.25) is 15.1 Å². The van der Waals surface area contributed by atoms with E-state index in [1.54, 1.807) is 12.4 Å². The Labute approximate surface area is 150 Å². The first-order valence-electron chi connectivity index (χ1n) is 8.42. The number of nitrogens with one attached hydrogen (secondary N) is 1. The normalized spacial score (nSPS) is 12.2. The highest BCUT2D eigenvalue weighted by Gasteiger charge is 2.27. The van der Waals surface area contributed by atoms with Gasteiger partial charge >= 0.3 is 0 Å². The Bertz CT molecular complexity index is 1040. The maximum atomic E-state index is 11.4. The molecule has 2 aromatic carbocycles. The molecule has 128 valence electrons. The largest absolute Gasteiger partial charge is 0.354 e. The zero-order valence-electron chi connectivity index (χ0n) is 14.0. The van der Waals surface area contributed by atoms with Crippen molar-refractivity contribution in [2.24, 2.45) is 0 Å². The zero-order valence-corrected chi connectivity index (χ0v) is 14.0. The van der Waals surface area contributed by atoms with Crippen LogP contribution in [0.2, 0.25) is 0 Å². The molecule has 0 saturated carbocycles. The minimum atomic E-state index is -0.384. The maximum Gasteiger partial charge on any atom is 0.214 e. The third-order valence-electron chi connectivity index (χ3n) is 4.58. The minimum absolute atomic E-state index is 0.187. The molecule has 1 unspecified atom stereocenters. The van der Waals surface area contributed by atoms with Crippen LogP contribution in [0.1, 0.15) is 17.0 Å². The van der Waals surface area contributed by atoms with Crippen molar-refractivity contribution in [3.8, 4) is 11.3 Å². The predicted molar refractivity (Wildman–Crippen MR) is 102 cm³/mol. The van der Waals surface area contributed by atoms with Crippen LogP contribution >= 0.6 is 0 Å². The molecule has 2 aromatic heterocycles. The molecule has 0 fully saturated rings. The first-order chi connectivity index (χ1) is 12.7. The van der Waals surface area contributed by atoms with E-state index in [1.807, 2.05) is 66.7 Å². The molecule has 0 bridgehead atoms. The van der Waals surface area contributed by atoms with Crippen molar-refractivity contribution < 1.29 is 4.92 Å². The summed E-state index contributed by atoms with van der Waals surface area (Å²) in [7, 11) is 0. The van der Waals surface area contributed by atoms with E-state index in [4.69, 9.17) is 0 Å². The Hall–Kier alpha value is -3.47. The second-order valence-electron chi connectivity index (χ2n) is 6.18.